The van der Waals surface area contributed by atoms with E-state index in [0.717, 1.165) is 89.9 Å². The molecule has 0 amide bonds. The predicted molar refractivity (Wildman–Crippen MR) is 203 cm³/mol. The third kappa shape index (κ3) is 23.6. The summed E-state index contributed by atoms with van der Waals surface area (Å²) >= 11 is 0. The third-order valence-corrected chi connectivity index (χ3v) is 9.92. The van der Waals surface area contributed by atoms with Crippen molar-refractivity contribution in [3.8, 4) is 0 Å². The van der Waals surface area contributed by atoms with Crippen LogP contribution in [0.15, 0.2) is 36.5 Å². The number of esters is 2. The lowest BCUT2D eigenvalue weighted by Gasteiger charge is -2.41. The zero-order chi connectivity index (χ0) is 39.3. The van der Waals surface area contributed by atoms with Gasteiger partial charge in [0.25, 0.3) is 0 Å². The number of rotatable bonds is 31. The Morgan fingerprint density at radius 3 is 1.62 bits per heavy atom. The zero-order valence-electron chi connectivity index (χ0n) is 32.1. The molecule has 6 atom stereocenters. The second-order valence-electron chi connectivity index (χ2n) is 13.8. The van der Waals surface area contributed by atoms with Gasteiger partial charge in [-0.05, 0) is 57.8 Å². The average Bonchev–Trinajstić information content (AvgIpc) is 3.13. The van der Waals surface area contributed by atoms with Crippen LogP contribution in [0.3, 0.4) is 0 Å². The normalized spacial score (nSPS) is 23.8. The topological polar surface area (TPSA) is 210 Å². The first kappa shape index (κ1) is 49.1. The van der Waals surface area contributed by atoms with Gasteiger partial charge in [-0.3, -0.25) is 18.6 Å². The summed E-state index contributed by atoms with van der Waals surface area (Å²) in [5.41, 5.74) is 0. The van der Waals surface area contributed by atoms with Crippen LogP contribution in [-0.4, -0.2) is 98.3 Å². The van der Waals surface area contributed by atoms with E-state index in [0.29, 0.717) is 12.8 Å². The number of carbonyl (C=O) groups is 2. The Kier molecular flexibility index (Phi) is 28.1. The number of phosphoric ester groups is 1. The molecule has 0 saturated heterocycles. The number of hydrogen-bond donors (Lipinski definition) is 6. The van der Waals surface area contributed by atoms with Crippen LogP contribution in [0.5, 0.6) is 0 Å². The van der Waals surface area contributed by atoms with Gasteiger partial charge in [-0.2, -0.15) is 0 Å². The van der Waals surface area contributed by atoms with Crippen LogP contribution in [0.25, 0.3) is 0 Å². The summed E-state index contributed by atoms with van der Waals surface area (Å²) in [5, 5.41) is 49.9. The second-order valence-corrected chi connectivity index (χ2v) is 15.2. The van der Waals surface area contributed by atoms with E-state index in [1.165, 1.54) is 12.8 Å². The van der Waals surface area contributed by atoms with Gasteiger partial charge in [0, 0.05) is 12.8 Å². The molecule has 0 radical (unpaired) electrons. The molecule has 1 saturated carbocycles. The zero-order valence-corrected chi connectivity index (χ0v) is 32.9. The molecule has 0 spiro atoms. The molecule has 13 nitrogen and oxygen atoms in total. The first-order valence-electron chi connectivity index (χ1n) is 19.8. The second kappa shape index (κ2) is 30.3. The lowest BCUT2D eigenvalue weighted by Crippen LogP contribution is -2.64. The van der Waals surface area contributed by atoms with E-state index in [9.17, 15) is 44.6 Å². The number of aliphatic hydroxyl groups excluding tert-OH is 5. The minimum Gasteiger partial charge on any atom is -0.462 e. The summed E-state index contributed by atoms with van der Waals surface area (Å²) < 4.78 is 33.3. The van der Waals surface area contributed by atoms with E-state index in [1.807, 2.05) is 0 Å². The summed E-state index contributed by atoms with van der Waals surface area (Å²) in [6.45, 7) is 3.13. The van der Waals surface area contributed by atoms with E-state index in [4.69, 9.17) is 18.5 Å². The van der Waals surface area contributed by atoms with Crippen molar-refractivity contribution in [2.45, 2.75) is 185 Å². The summed E-state index contributed by atoms with van der Waals surface area (Å²) in [6.07, 6.45) is 17.9. The highest BCUT2D eigenvalue weighted by Crippen LogP contribution is 2.47. The van der Waals surface area contributed by atoms with Crippen LogP contribution in [0, 0.1) is 0 Å². The Hall–Kier alpha value is -1.93. The third-order valence-electron chi connectivity index (χ3n) is 8.93. The SMILES string of the molecule is CCC/C=C\C/C=C\CCCCCCCC(=O)OC(COC(=O)CCCCCCC/C=C\CCCC)COP(=O)(O)OC1C(O)C(O)C(O)C(O)C1O. The van der Waals surface area contributed by atoms with Crippen molar-refractivity contribution in [2.75, 3.05) is 13.2 Å². The number of ether oxygens (including phenoxy) is 2. The fraction of sp³-hybridized carbons (Fsp3) is 0.795. The monoisotopic (exact) mass is 776 g/mol. The van der Waals surface area contributed by atoms with Gasteiger partial charge in [0.05, 0.1) is 6.61 Å². The first-order valence-corrected chi connectivity index (χ1v) is 21.3. The molecule has 0 aromatic rings. The quantitative estimate of drug-likeness (QED) is 0.0199. The summed E-state index contributed by atoms with van der Waals surface area (Å²) in [6, 6.07) is 0. The molecule has 0 aromatic heterocycles. The van der Waals surface area contributed by atoms with Gasteiger partial charge in [0.2, 0.25) is 0 Å². The molecule has 0 aromatic carbocycles. The highest BCUT2D eigenvalue weighted by atomic mass is 31.2. The fourth-order valence-electron chi connectivity index (χ4n) is 5.66. The van der Waals surface area contributed by atoms with E-state index in [2.05, 4.69) is 50.3 Å². The van der Waals surface area contributed by atoms with Crippen LogP contribution < -0.4 is 0 Å². The fourth-order valence-corrected chi connectivity index (χ4v) is 6.63. The molecule has 6 N–H and O–H groups in total. The van der Waals surface area contributed by atoms with Crippen molar-refractivity contribution in [2.24, 2.45) is 0 Å². The van der Waals surface area contributed by atoms with Gasteiger partial charge in [0.1, 0.15) is 43.2 Å². The number of unbranched alkanes of at least 4 members (excludes halogenated alkanes) is 13. The van der Waals surface area contributed by atoms with E-state index >= 15 is 0 Å². The number of hydrogen-bond acceptors (Lipinski definition) is 12. The molecular weight excluding hydrogens is 707 g/mol. The molecule has 14 heteroatoms. The predicted octanol–water partition coefficient (Wildman–Crippen LogP) is 6.27. The standard InChI is InChI=1S/C39H69O13P/c1-3-5-7-9-11-13-15-16-18-20-22-24-26-28-33(41)51-31(29-49-32(40)27-25-23-21-19-17-14-12-10-8-6-4-2)30-50-53(47,48)52-39-37(45)35(43)34(42)36(44)38(39)46/h7,9-10,12-13,15,31,34-39,42-46H,3-6,8,11,14,16-30H2,1-2H3,(H,47,48)/b9-7-,12-10-,15-13-. The van der Waals surface area contributed by atoms with Gasteiger partial charge < -0.3 is 39.9 Å². The van der Waals surface area contributed by atoms with E-state index < -0.39 is 75.7 Å². The molecule has 1 rings (SSSR count). The first-order chi connectivity index (χ1) is 25.4. The number of carbonyl (C=O) groups excluding carboxylic acids is 2. The maximum atomic E-state index is 12.7. The Morgan fingerprint density at radius 1 is 0.585 bits per heavy atom. The number of allylic oxidation sites excluding steroid dienone is 6. The van der Waals surface area contributed by atoms with Crippen molar-refractivity contribution in [1.82, 2.24) is 0 Å². The van der Waals surface area contributed by atoms with Crippen LogP contribution in [0.2, 0.25) is 0 Å². The van der Waals surface area contributed by atoms with E-state index in [-0.39, 0.29) is 12.8 Å². The van der Waals surface area contributed by atoms with Crippen molar-refractivity contribution in [3.63, 3.8) is 0 Å². The number of phosphoric acid groups is 1. The highest BCUT2D eigenvalue weighted by Gasteiger charge is 2.51. The molecule has 0 aliphatic heterocycles. The van der Waals surface area contributed by atoms with Gasteiger partial charge in [-0.1, -0.05) is 108 Å². The van der Waals surface area contributed by atoms with Gasteiger partial charge >= 0.3 is 19.8 Å². The average molecular weight is 777 g/mol. The van der Waals surface area contributed by atoms with Crippen molar-refractivity contribution >= 4 is 19.8 Å². The Balaban J connectivity index is 2.56. The summed E-state index contributed by atoms with van der Waals surface area (Å²) in [5.74, 6) is -1.13. The molecule has 53 heavy (non-hydrogen) atoms. The van der Waals surface area contributed by atoms with Crippen LogP contribution in [0.1, 0.15) is 142 Å². The molecule has 308 valence electrons. The molecule has 1 fully saturated rings. The molecular formula is C39H69O13P. The van der Waals surface area contributed by atoms with Gasteiger partial charge in [-0.15, -0.1) is 0 Å². The molecule has 6 unspecified atom stereocenters. The molecule has 1 aliphatic carbocycles. The lowest BCUT2D eigenvalue weighted by atomic mass is 9.85. The Morgan fingerprint density at radius 2 is 1.06 bits per heavy atom. The van der Waals surface area contributed by atoms with Gasteiger partial charge in [-0.25, -0.2) is 4.57 Å². The van der Waals surface area contributed by atoms with Crippen molar-refractivity contribution < 1.29 is 63.1 Å². The van der Waals surface area contributed by atoms with Gasteiger partial charge in [0.15, 0.2) is 6.10 Å². The minimum absolute atomic E-state index is 0.0782. The van der Waals surface area contributed by atoms with Crippen molar-refractivity contribution in [1.29, 1.82) is 0 Å². The largest absolute Gasteiger partial charge is 0.472 e. The summed E-state index contributed by atoms with van der Waals surface area (Å²) in [7, 11) is -5.11. The molecule has 0 bridgehead atoms. The van der Waals surface area contributed by atoms with Crippen LogP contribution in [-0.2, 0) is 32.7 Å². The smallest absolute Gasteiger partial charge is 0.462 e. The van der Waals surface area contributed by atoms with Crippen molar-refractivity contribution in [3.05, 3.63) is 36.5 Å². The van der Waals surface area contributed by atoms with Crippen LogP contribution >= 0.6 is 7.82 Å². The lowest BCUT2D eigenvalue weighted by molar-refractivity contribution is -0.220. The summed E-state index contributed by atoms with van der Waals surface area (Å²) in [4.78, 5) is 35.4. The molecule has 1 aliphatic rings. The Labute approximate surface area is 317 Å². The highest BCUT2D eigenvalue weighted by molar-refractivity contribution is 7.47. The minimum atomic E-state index is -5.11. The maximum Gasteiger partial charge on any atom is 0.472 e. The van der Waals surface area contributed by atoms with Crippen LogP contribution in [0.4, 0.5) is 0 Å². The van der Waals surface area contributed by atoms with E-state index in [1.54, 1.807) is 0 Å². The Bertz CT molecular complexity index is 1080. The number of aliphatic hydroxyl groups is 5. The molecule has 0 heterocycles. The maximum absolute atomic E-state index is 12.7.